The van der Waals surface area contributed by atoms with Crippen molar-refractivity contribution >= 4 is 21.4 Å². The molecule has 0 saturated carbocycles. The average molecular weight is 319 g/mol. The van der Waals surface area contributed by atoms with E-state index in [9.17, 15) is 8.42 Å². The zero-order valence-electron chi connectivity index (χ0n) is 11.8. The van der Waals surface area contributed by atoms with Crippen molar-refractivity contribution in [3.63, 3.8) is 0 Å². The standard InChI is InChI=1S/C13H21NO4S2/c1-9(11-3-5-18-6-4-11)14-20(16,17)13-7-12(8-15)19-10(13)2/h7,9,11,14-15H,3-6,8H2,1-2H3. The summed E-state index contributed by atoms with van der Waals surface area (Å²) >= 11 is 1.31. The predicted molar refractivity (Wildman–Crippen MR) is 78.3 cm³/mol. The minimum atomic E-state index is -3.52. The maximum absolute atomic E-state index is 12.4. The first-order valence-corrected chi connectivity index (χ1v) is 9.04. The molecule has 0 aromatic carbocycles. The number of aliphatic hydroxyl groups is 1. The first kappa shape index (κ1) is 15.9. The number of ether oxygens (including phenoxy) is 1. The van der Waals surface area contributed by atoms with Gasteiger partial charge in [0.25, 0.3) is 0 Å². The Bertz CT molecular complexity index is 547. The van der Waals surface area contributed by atoms with E-state index >= 15 is 0 Å². The lowest BCUT2D eigenvalue weighted by atomic mass is 9.94. The Morgan fingerprint density at radius 1 is 1.50 bits per heavy atom. The lowest BCUT2D eigenvalue weighted by Gasteiger charge is -2.28. The second-order valence-corrected chi connectivity index (χ2v) is 8.17. The van der Waals surface area contributed by atoms with E-state index in [0.717, 1.165) is 12.8 Å². The van der Waals surface area contributed by atoms with Crippen LogP contribution in [0.15, 0.2) is 11.0 Å². The number of nitrogens with one attached hydrogen (secondary N) is 1. The maximum atomic E-state index is 12.4. The van der Waals surface area contributed by atoms with Crippen LogP contribution in [-0.2, 0) is 21.4 Å². The van der Waals surface area contributed by atoms with Crippen LogP contribution in [0.1, 0.15) is 29.5 Å². The average Bonchev–Trinajstić information content (AvgIpc) is 2.81. The molecule has 0 radical (unpaired) electrons. The molecule has 0 spiro atoms. The second-order valence-electron chi connectivity index (χ2n) is 5.15. The van der Waals surface area contributed by atoms with Crippen LogP contribution in [0.2, 0.25) is 0 Å². The van der Waals surface area contributed by atoms with Gasteiger partial charge >= 0.3 is 0 Å². The van der Waals surface area contributed by atoms with E-state index in [1.165, 1.54) is 11.3 Å². The van der Waals surface area contributed by atoms with Gasteiger partial charge in [0, 0.05) is 29.0 Å². The fourth-order valence-corrected chi connectivity index (χ4v) is 5.30. The van der Waals surface area contributed by atoms with Crippen molar-refractivity contribution in [1.29, 1.82) is 0 Å². The van der Waals surface area contributed by atoms with Crippen LogP contribution < -0.4 is 4.72 Å². The molecule has 1 fully saturated rings. The Kier molecular flexibility index (Phi) is 5.19. The van der Waals surface area contributed by atoms with Gasteiger partial charge in [-0.05, 0) is 38.7 Å². The normalized spacial score (nSPS) is 19.1. The summed E-state index contributed by atoms with van der Waals surface area (Å²) in [6.45, 7) is 4.93. The number of rotatable bonds is 5. The lowest BCUT2D eigenvalue weighted by molar-refractivity contribution is 0.0585. The van der Waals surface area contributed by atoms with Crippen LogP contribution in [0.4, 0.5) is 0 Å². The SMILES string of the molecule is Cc1sc(CO)cc1S(=O)(=O)NC(C)C1CCOCC1. The van der Waals surface area contributed by atoms with E-state index in [1.54, 1.807) is 13.0 Å². The largest absolute Gasteiger partial charge is 0.391 e. The molecule has 5 nitrogen and oxygen atoms in total. The van der Waals surface area contributed by atoms with Gasteiger partial charge in [-0.3, -0.25) is 0 Å². The number of sulfonamides is 1. The summed E-state index contributed by atoms with van der Waals surface area (Å²) in [5.41, 5.74) is 0. The topological polar surface area (TPSA) is 75.6 Å². The van der Waals surface area contributed by atoms with Gasteiger partial charge < -0.3 is 9.84 Å². The molecule has 114 valence electrons. The Balaban J connectivity index is 2.11. The predicted octanol–water partition coefficient (Wildman–Crippen LogP) is 1.64. The molecule has 0 bridgehead atoms. The van der Waals surface area contributed by atoms with Crippen molar-refractivity contribution in [2.75, 3.05) is 13.2 Å². The highest BCUT2D eigenvalue weighted by atomic mass is 32.2. The molecule has 20 heavy (non-hydrogen) atoms. The third kappa shape index (κ3) is 3.59. The fraction of sp³-hybridized carbons (Fsp3) is 0.692. The molecule has 1 aliphatic heterocycles. The van der Waals surface area contributed by atoms with Crippen molar-refractivity contribution in [3.8, 4) is 0 Å². The minimum Gasteiger partial charge on any atom is -0.391 e. The summed E-state index contributed by atoms with van der Waals surface area (Å²) in [5.74, 6) is 0.315. The molecular weight excluding hydrogens is 298 g/mol. The number of aliphatic hydroxyl groups excluding tert-OH is 1. The van der Waals surface area contributed by atoms with Gasteiger partial charge in [0.1, 0.15) is 0 Å². The molecule has 2 N–H and O–H groups in total. The van der Waals surface area contributed by atoms with E-state index in [1.807, 2.05) is 6.92 Å². The minimum absolute atomic E-state index is 0.110. The molecule has 1 aliphatic rings. The van der Waals surface area contributed by atoms with Crippen LogP contribution >= 0.6 is 11.3 Å². The van der Waals surface area contributed by atoms with Crippen molar-refractivity contribution in [1.82, 2.24) is 4.72 Å². The Labute approximate surface area is 124 Å². The Hall–Kier alpha value is -0.470. The molecule has 2 rings (SSSR count). The maximum Gasteiger partial charge on any atom is 0.241 e. The highest BCUT2D eigenvalue weighted by molar-refractivity contribution is 7.89. The molecule has 0 amide bonds. The number of hydrogen-bond donors (Lipinski definition) is 2. The Morgan fingerprint density at radius 3 is 2.70 bits per heavy atom. The van der Waals surface area contributed by atoms with Crippen LogP contribution in [-0.4, -0.2) is 32.8 Å². The van der Waals surface area contributed by atoms with Crippen molar-refractivity contribution in [2.45, 2.75) is 44.2 Å². The van der Waals surface area contributed by atoms with Gasteiger partial charge in [-0.25, -0.2) is 13.1 Å². The zero-order chi connectivity index (χ0) is 14.8. The quantitative estimate of drug-likeness (QED) is 0.865. The summed E-state index contributed by atoms with van der Waals surface area (Å²) in [4.78, 5) is 1.66. The zero-order valence-corrected chi connectivity index (χ0v) is 13.4. The van der Waals surface area contributed by atoms with Gasteiger partial charge in [-0.15, -0.1) is 11.3 Å². The van der Waals surface area contributed by atoms with Gasteiger partial charge in [0.05, 0.1) is 11.5 Å². The van der Waals surface area contributed by atoms with Gasteiger partial charge in [0.2, 0.25) is 10.0 Å². The van der Waals surface area contributed by atoms with E-state index in [-0.39, 0.29) is 17.5 Å². The van der Waals surface area contributed by atoms with Crippen molar-refractivity contribution in [2.24, 2.45) is 5.92 Å². The van der Waals surface area contributed by atoms with Gasteiger partial charge in [0.15, 0.2) is 0 Å². The molecule has 1 atom stereocenters. The molecule has 1 aromatic heterocycles. The van der Waals surface area contributed by atoms with Crippen molar-refractivity contribution in [3.05, 3.63) is 15.8 Å². The monoisotopic (exact) mass is 319 g/mol. The highest BCUT2D eigenvalue weighted by Gasteiger charge is 2.27. The highest BCUT2D eigenvalue weighted by Crippen LogP contribution is 2.27. The Morgan fingerprint density at radius 2 is 2.15 bits per heavy atom. The molecule has 7 heteroatoms. The number of aryl methyl sites for hydroxylation is 1. The van der Waals surface area contributed by atoms with Gasteiger partial charge in [-0.2, -0.15) is 0 Å². The smallest absolute Gasteiger partial charge is 0.241 e. The van der Waals surface area contributed by atoms with E-state index in [2.05, 4.69) is 4.72 Å². The summed E-state index contributed by atoms with van der Waals surface area (Å²) in [6, 6.07) is 1.44. The molecule has 1 saturated heterocycles. The second kappa shape index (κ2) is 6.53. The third-order valence-corrected chi connectivity index (χ3v) is 6.53. The summed E-state index contributed by atoms with van der Waals surface area (Å²) in [7, 11) is -3.52. The number of hydrogen-bond acceptors (Lipinski definition) is 5. The number of thiophene rings is 1. The van der Waals surface area contributed by atoms with Gasteiger partial charge in [-0.1, -0.05) is 0 Å². The third-order valence-electron chi connectivity index (χ3n) is 3.68. The summed E-state index contributed by atoms with van der Waals surface area (Å²) in [5, 5.41) is 9.11. The van der Waals surface area contributed by atoms with E-state index in [0.29, 0.717) is 28.9 Å². The summed E-state index contributed by atoms with van der Waals surface area (Å²) in [6.07, 6.45) is 1.77. The molecule has 1 aromatic rings. The van der Waals surface area contributed by atoms with Crippen LogP contribution in [0, 0.1) is 12.8 Å². The van der Waals surface area contributed by atoms with Crippen LogP contribution in [0.5, 0.6) is 0 Å². The first-order chi connectivity index (χ1) is 9.44. The van der Waals surface area contributed by atoms with Crippen LogP contribution in [0.25, 0.3) is 0 Å². The van der Waals surface area contributed by atoms with E-state index in [4.69, 9.17) is 9.84 Å². The summed E-state index contributed by atoms with van der Waals surface area (Å²) < 4.78 is 32.9. The molecule has 0 aliphatic carbocycles. The molecular formula is C13H21NO4S2. The first-order valence-electron chi connectivity index (χ1n) is 6.74. The molecule has 1 unspecified atom stereocenters. The molecule has 2 heterocycles. The van der Waals surface area contributed by atoms with E-state index < -0.39 is 10.0 Å². The van der Waals surface area contributed by atoms with Crippen molar-refractivity contribution < 1.29 is 18.3 Å². The fourth-order valence-electron chi connectivity index (χ4n) is 2.49. The van der Waals surface area contributed by atoms with Crippen LogP contribution in [0.3, 0.4) is 0 Å². The lowest BCUT2D eigenvalue weighted by Crippen LogP contribution is -2.40.